The highest BCUT2D eigenvalue weighted by Gasteiger charge is 2.34. The third-order valence-electron chi connectivity index (χ3n) is 3.95. The molecule has 1 aliphatic carbocycles. The van der Waals surface area contributed by atoms with Crippen LogP contribution in [0.15, 0.2) is 59.1 Å². The molecule has 0 N–H and O–H groups in total. The van der Waals surface area contributed by atoms with Gasteiger partial charge in [-0.1, -0.05) is 42.5 Å². The molecule has 1 aromatic rings. The lowest BCUT2D eigenvalue weighted by Crippen LogP contribution is -2.15. The van der Waals surface area contributed by atoms with Crippen molar-refractivity contribution in [1.82, 2.24) is 0 Å². The Morgan fingerprint density at radius 3 is 2.79 bits per heavy atom. The van der Waals surface area contributed by atoms with E-state index in [4.69, 9.17) is 4.74 Å². The Labute approximate surface area is 112 Å². The van der Waals surface area contributed by atoms with Crippen molar-refractivity contribution in [3.8, 4) is 5.75 Å². The molecule has 3 unspecified atom stereocenters. The molecule has 0 spiro atoms. The number of aliphatic imine (C=N–C) groups is 1. The molecule has 0 fully saturated rings. The molecule has 0 aromatic heterocycles. The minimum absolute atomic E-state index is 0.114. The van der Waals surface area contributed by atoms with E-state index < -0.39 is 0 Å². The first-order valence-electron chi connectivity index (χ1n) is 6.69. The molecular formula is C17H15NO. The minimum atomic E-state index is 0.114. The van der Waals surface area contributed by atoms with E-state index in [0.29, 0.717) is 5.92 Å². The summed E-state index contributed by atoms with van der Waals surface area (Å²) in [7, 11) is 0. The predicted molar refractivity (Wildman–Crippen MR) is 76.9 cm³/mol. The zero-order chi connectivity index (χ0) is 12.8. The Kier molecular flexibility index (Phi) is 2.25. The van der Waals surface area contributed by atoms with Crippen molar-refractivity contribution >= 4 is 6.21 Å². The van der Waals surface area contributed by atoms with Crippen LogP contribution in [0.25, 0.3) is 0 Å². The standard InChI is InChI=1S/C17H15NO/c1-11-9-15(18-10-11)14-7-4-6-13-12-5-2-3-8-16(12)19-17(13)14/h2-10,12,15-16H,1H3. The smallest absolute Gasteiger partial charge is 0.129 e. The molecule has 94 valence electrons. The molecule has 0 amide bonds. The van der Waals surface area contributed by atoms with Crippen molar-refractivity contribution in [2.24, 2.45) is 4.99 Å². The summed E-state index contributed by atoms with van der Waals surface area (Å²) < 4.78 is 6.15. The Morgan fingerprint density at radius 2 is 1.95 bits per heavy atom. The molecule has 4 rings (SSSR count). The van der Waals surface area contributed by atoms with Crippen molar-refractivity contribution in [3.05, 3.63) is 65.3 Å². The molecule has 2 heterocycles. The Bertz CT molecular complexity index is 651. The third-order valence-corrected chi connectivity index (χ3v) is 3.95. The predicted octanol–water partition coefficient (Wildman–Crippen LogP) is 3.73. The average Bonchev–Trinajstić information content (AvgIpc) is 3.02. The molecule has 3 aliphatic rings. The fourth-order valence-corrected chi connectivity index (χ4v) is 3.02. The number of rotatable bonds is 1. The van der Waals surface area contributed by atoms with Crippen LogP contribution < -0.4 is 4.74 Å². The van der Waals surface area contributed by atoms with Gasteiger partial charge in [-0.15, -0.1) is 0 Å². The van der Waals surface area contributed by atoms with Crippen LogP contribution in [-0.4, -0.2) is 12.3 Å². The van der Waals surface area contributed by atoms with Gasteiger partial charge in [-0.05, 0) is 18.6 Å². The lowest BCUT2D eigenvalue weighted by Gasteiger charge is -2.14. The van der Waals surface area contributed by atoms with Crippen LogP contribution >= 0.6 is 0 Å². The van der Waals surface area contributed by atoms with E-state index in [2.05, 4.69) is 60.5 Å². The van der Waals surface area contributed by atoms with Crippen LogP contribution in [0.5, 0.6) is 5.75 Å². The van der Waals surface area contributed by atoms with Crippen LogP contribution in [0.2, 0.25) is 0 Å². The highest BCUT2D eigenvalue weighted by molar-refractivity contribution is 5.81. The van der Waals surface area contributed by atoms with Gasteiger partial charge in [0.25, 0.3) is 0 Å². The number of para-hydroxylation sites is 1. The molecule has 3 atom stereocenters. The van der Waals surface area contributed by atoms with Gasteiger partial charge >= 0.3 is 0 Å². The summed E-state index contributed by atoms with van der Waals surface area (Å²) in [4.78, 5) is 4.55. The van der Waals surface area contributed by atoms with E-state index in [1.54, 1.807) is 0 Å². The van der Waals surface area contributed by atoms with Crippen LogP contribution in [0.3, 0.4) is 0 Å². The van der Waals surface area contributed by atoms with E-state index in [1.807, 2.05) is 6.21 Å². The molecule has 2 aliphatic heterocycles. The number of hydrogen-bond acceptors (Lipinski definition) is 2. The Morgan fingerprint density at radius 1 is 1.11 bits per heavy atom. The van der Waals surface area contributed by atoms with Gasteiger partial charge < -0.3 is 4.74 Å². The van der Waals surface area contributed by atoms with E-state index in [1.165, 1.54) is 16.7 Å². The first-order chi connectivity index (χ1) is 9.33. The molecule has 1 aromatic carbocycles. The maximum Gasteiger partial charge on any atom is 0.129 e. The second-order valence-corrected chi connectivity index (χ2v) is 5.28. The van der Waals surface area contributed by atoms with E-state index in [-0.39, 0.29) is 12.1 Å². The lowest BCUT2D eigenvalue weighted by atomic mass is 9.90. The Hall–Kier alpha value is -2.09. The zero-order valence-electron chi connectivity index (χ0n) is 10.8. The zero-order valence-corrected chi connectivity index (χ0v) is 10.8. The lowest BCUT2D eigenvalue weighted by molar-refractivity contribution is 0.266. The first kappa shape index (κ1) is 10.8. The molecule has 0 saturated heterocycles. The molecule has 19 heavy (non-hydrogen) atoms. The quantitative estimate of drug-likeness (QED) is 0.743. The molecule has 2 heteroatoms. The fourth-order valence-electron chi connectivity index (χ4n) is 3.02. The highest BCUT2D eigenvalue weighted by Crippen LogP contribution is 2.46. The highest BCUT2D eigenvalue weighted by atomic mass is 16.5. The minimum Gasteiger partial charge on any atom is -0.485 e. The normalized spacial score (nSPS) is 29.9. The number of ether oxygens (including phenoxy) is 1. The number of allylic oxidation sites excluding steroid dienone is 3. The largest absolute Gasteiger partial charge is 0.485 e. The SMILES string of the molecule is CC1=CC(c2cccc3c2OC2C=CC=CC32)N=C1. The van der Waals surface area contributed by atoms with Crippen LogP contribution in [0, 0.1) is 0 Å². The topological polar surface area (TPSA) is 21.6 Å². The molecular weight excluding hydrogens is 234 g/mol. The van der Waals surface area contributed by atoms with Crippen molar-refractivity contribution in [2.75, 3.05) is 0 Å². The summed E-state index contributed by atoms with van der Waals surface area (Å²) in [5, 5.41) is 0. The van der Waals surface area contributed by atoms with E-state index >= 15 is 0 Å². The van der Waals surface area contributed by atoms with Gasteiger partial charge in [-0.2, -0.15) is 0 Å². The van der Waals surface area contributed by atoms with E-state index in [0.717, 1.165) is 5.75 Å². The third kappa shape index (κ3) is 1.60. The first-order valence-corrected chi connectivity index (χ1v) is 6.69. The summed E-state index contributed by atoms with van der Waals surface area (Å²) in [6, 6.07) is 6.52. The summed E-state index contributed by atoms with van der Waals surface area (Å²) in [6.45, 7) is 2.08. The van der Waals surface area contributed by atoms with Gasteiger partial charge in [-0.25, -0.2) is 0 Å². The van der Waals surface area contributed by atoms with Crippen molar-refractivity contribution in [3.63, 3.8) is 0 Å². The van der Waals surface area contributed by atoms with Crippen LogP contribution in [0.4, 0.5) is 0 Å². The second-order valence-electron chi connectivity index (χ2n) is 5.28. The molecule has 0 saturated carbocycles. The summed E-state index contributed by atoms with van der Waals surface area (Å²) in [5.74, 6) is 1.39. The number of benzene rings is 1. The van der Waals surface area contributed by atoms with Crippen molar-refractivity contribution < 1.29 is 4.74 Å². The number of hydrogen-bond donors (Lipinski definition) is 0. The maximum atomic E-state index is 6.15. The van der Waals surface area contributed by atoms with Gasteiger partial charge in [0, 0.05) is 23.3 Å². The van der Waals surface area contributed by atoms with E-state index in [9.17, 15) is 0 Å². The van der Waals surface area contributed by atoms with Gasteiger partial charge in [0.05, 0.1) is 6.04 Å². The average molecular weight is 249 g/mol. The van der Waals surface area contributed by atoms with Crippen molar-refractivity contribution in [1.29, 1.82) is 0 Å². The molecule has 2 nitrogen and oxygen atoms in total. The maximum absolute atomic E-state index is 6.15. The summed E-state index contributed by atoms with van der Waals surface area (Å²) >= 11 is 0. The van der Waals surface area contributed by atoms with Crippen LogP contribution in [-0.2, 0) is 0 Å². The second kappa shape index (κ2) is 3.95. The molecule has 0 bridgehead atoms. The Balaban J connectivity index is 1.81. The van der Waals surface area contributed by atoms with Gasteiger partial charge in [0.2, 0.25) is 0 Å². The van der Waals surface area contributed by atoms with Gasteiger partial charge in [-0.3, -0.25) is 4.99 Å². The summed E-state index contributed by atoms with van der Waals surface area (Å²) in [6.07, 6.45) is 12.8. The monoisotopic (exact) mass is 249 g/mol. The number of fused-ring (bicyclic) bond motifs is 3. The molecule has 0 radical (unpaired) electrons. The summed E-state index contributed by atoms with van der Waals surface area (Å²) in [5.41, 5.74) is 3.69. The van der Waals surface area contributed by atoms with Crippen LogP contribution in [0.1, 0.15) is 30.0 Å². The van der Waals surface area contributed by atoms with Gasteiger partial charge in [0.15, 0.2) is 0 Å². The van der Waals surface area contributed by atoms with Gasteiger partial charge in [0.1, 0.15) is 11.9 Å². The van der Waals surface area contributed by atoms with Crippen molar-refractivity contribution in [2.45, 2.75) is 25.0 Å². The number of nitrogens with zero attached hydrogens (tertiary/aromatic N) is 1. The fraction of sp³-hybridized carbons (Fsp3) is 0.235.